The van der Waals surface area contributed by atoms with E-state index in [4.69, 9.17) is 0 Å². The van der Waals surface area contributed by atoms with Gasteiger partial charge in [0.1, 0.15) is 30.3 Å². The van der Waals surface area contributed by atoms with Gasteiger partial charge in [0.15, 0.2) is 0 Å². The van der Waals surface area contributed by atoms with Gasteiger partial charge < -0.3 is 20.6 Å². The molecule has 0 bridgehead atoms. The SMILES string of the molecule is CC(C)(C)[C@H](NC(=O)C1CC1(F)F)C(=O)N1C[C@H]2[C@@H]([C@H]1C(=O)N[C@H](C#N)C[C@@H]1CCNC1O)C2(C)C. The molecule has 2 aliphatic heterocycles. The molecule has 9 nitrogen and oxygen atoms in total. The molecule has 0 aromatic carbocycles. The summed E-state index contributed by atoms with van der Waals surface area (Å²) in [6.07, 6.45) is -0.291. The second-order valence-electron chi connectivity index (χ2n) is 12.6. The molecular formula is C25H37F2N5O4. The summed E-state index contributed by atoms with van der Waals surface area (Å²) < 4.78 is 27.0. The van der Waals surface area contributed by atoms with E-state index in [0.717, 1.165) is 0 Å². The fraction of sp³-hybridized carbons (Fsp3) is 0.840. The minimum atomic E-state index is -3.05. The predicted molar refractivity (Wildman–Crippen MR) is 125 cm³/mol. The number of fused-ring (bicyclic) bond motifs is 1. The highest BCUT2D eigenvalue weighted by molar-refractivity contribution is 5.95. The zero-order valence-corrected chi connectivity index (χ0v) is 21.5. The molecule has 0 spiro atoms. The molecule has 4 aliphatic rings. The number of hydrogen-bond donors (Lipinski definition) is 4. The van der Waals surface area contributed by atoms with Gasteiger partial charge in [-0.3, -0.25) is 19.7 Å². The Hall–Kier alpha value is -2.32. The smallest absolute Gasteiger partial charge is 0.260 e. The van der Waals surface area contributed by atoms with Crippen LogP contribution < -0.4 is 16.0 Å². The van der Waals surface area contributed by atoms with Gasteiger partial charge in [-0.2, -0.15) is 5.26 Å². The lowest BCUT2D eigenvalue weighted by Gasteiger charge is -2.38. The van der Waals surface area contributed by atoms with Crippen LogP contribution in [0.5, 0.6) is 0 Å². The van der Waals surface area contributed by atoms with Crippen LogP contribution in [-0.4, -0.2) is 71.1 Å². The van der Waals surface area contributed by atoms with E-state index in [1.807, 2.05) is 13.8 Å². The molecule has 2 saturated heterocycles. The maximum absolute atomic E-state index is 13.7. The van der Waals surface area contributed by atoms with Gasteiger partial charge in [0.25, 0.3) is 5.92 Å². The van der Waals surface area contributed by atoms with Crippen LogP contribution in [0.1, 0.15) is 53.9 Å². The number of likely N-dealkylation sites (tertiary alicyclic amines) is 1. The number of nitrogens with zero attached hydrogens (tertiary/aromatic N) is 2. The summed E-state index contributed by atoms with van der Waals surface area (Å²) in [5.74, 6) is -6.45. The number of aliphatic hydroxyl groups is 1. The minimum Gasteiger partial charge on any atom is -0.378 e. The number of hydrogen-bond acceptors (Lipinski definition) is 6. The largest absolute Gasteiger partial charge is 0.378 e. The molecule has 0 aromatic rings. The highest BCUT2D eigenvalue weighted by Gasteiger charge is 2.70. The highest BCUT2D eigenvalue weighted by atomic mass is 19.3. The quantitative estimate of drug-likeness (QED) is 0.404. The Morgan fingerprint density at radius 2 is 1.86 bits per heavy atom. The standard InChI is InChI=1S/C25H37F2N5O4/c1-23(2,3)18(31-20(34)14-9-25(14,26)27)22(36)32-11-15-16(24(15,4)5)17(32)21(35)30-13(10-28)8-12-6-7-29-19(12)33/h12-19,29,33H,6-9,11H2,1-5H3,(H,30,35)(H,31,34)/t12-,13-,14?,15-,16-,17-,18+,19?/m0/s1. The number of halogens is 2. The Kier molecular flexibility index (Phi) is 6.62. The minimum absolute atomic E-state index is 0.0858. The molecule has 2 aliphatic carbocycles. The van der Waals surface area contributed by atoms with Crippen molar-refractivity contribution in [1.82, 2.24) is 20.9 Å². The van der Waals surface area contributed by atoms with E-state index in [0.29, 0.717) is 19.5 Å². The van der Waals surface area contributed by atoms with Crippen LogP contribution in [0.25, 0.3) is 0 Å². The van der Waals surface area contributed by atoms with Crippen LogP contribution in [0.4, 0.5) is 8.78 Å². The van der Waals surface area contributed by atoms with E-state index in [9.17, 15) is 33.5 Å². The zero-order valence-electron chi connectivity index (χ0n) is 21.5. The number of nitrogens with one attached hydrogen (secondary N) is 3. The Morgan fingerprint density at radius 3 is 2.36 bits per heavy atom. The average molecular weight is 510 g/mol. The molecule has 8 atom stereocenters. The number of carbonyl (C=O) groups excluding carboxylic acids is 3. The molecule has 2 unspecified atom stereocenters. The van der Waals surface area contributed by atoms with E-state index in [2.05, 4.69) is 22.0 Å². The number of carbonyl (C=O) groups is 3. The van der Waals surface area contributed by atoms with Crippen molar-refractivity contribution in [3.05, 3.63) is 0 Å². The second-order valence-corrected chi connectivity index (χ2v) is 12.6. The van der Waals surface area contributed by atoms with Gasteiger partial charge in [-0.05, 0) is 42.1 Å². The third-order valence-corrected chi connectivity index (χ3v) is 8.63. The summed E-state index contributed by atoms with van der Waals surface area (Å²) in [6, 6.07) is -0.643. The number of alkyl halides is 2. The van der Waals surface area contributed by atoms with E-state index in [1.54, 1.807) is 20.8 Å². The maximum Gasteiger partial charge on any atom is 0.260 e. The van der Waals surface area contributed by atoms with Gasteiger partial charge >= 0.3 is 0 Å². The molecule has 3 amide bonds. The fourth-order valence-electron chi connectivity index (χ4n) is 6.06. The summed E-state index contributed by atoms with van der Waals surface area (Å²) in [5.41, 5.74) is -0.940. The molecule has 0 aromatic heterocycles. The van der Waals surface area contributed by atoms with Crippen LogP contribution >= 0.6 is 0 Å². The van der Waals surface area contributed by atoms with Crippen molar-refractivity contribution >= 4 is 17.7 Å². The number of nitriles is 1. The number of aliphatic hydroxyl groups excluding tert-OH is 1. The maximum atomic E-state index is 13.7. The van der Waals surface area contributed by atoms with Crippen molar-refractivity contribution in [3.8, 4) is 6.07 Å². The van der Waals surface area contributed by atoms with Gasteiger partial charge in [-0.15, -0.1) is 0 Å². The summed E-state index contributed by atoms with van der Waals surface area (Å²) in [4.78, 5) is 41.1. The molecule has 4 N–H and O–H groups in total. The predicted octanol–water partition coefficient (Wildman–Crippen LogP) is 0.982. The van der Waals surface area contributed by atoms with Gasteiger partial charge in [0, 0.05) is 18.9 Å². The average Bonchev–Trinajstić information content (AvgIpc) is 3.33. The van der Waals surface area contributed by atoms with Crippen molar-refractivity contribution in [2.24, 2.45) is 34.5 Å². The summed E-state index contributed by atoms with van der Waals surface area (Å²) in [5, 5.41) is 27.9. The Morgan fingerprint density at radius 1 is 1.22 bits per heavy atom. The first kappa shape index (κ1) is 26.7. The third-order valence-electron chi connectivity index (χ3n) is 8.63. The van der Waals surface area contributed by atoms with Crippen molar-refractivity contribution in [3.63, 3.8) is 0 Å². The Bertz CT molecular complexity index is 974. The van der Waals surface area contributed by atoms with E-state index in [1.165, 1.54) is 4.90 Å². The molecule has 0 radical (unpaired) electrons. The van der Waals surface area contributed by atoms with E-state index < -0.39 is 65.8 Å². The molecule has 11 heteroatoms. The number of piperidine rings is 1. The molecular weight excluding hydrogens is 472 g/mol. The van der Waals surface area contributed by atoms with Gasteiger partial charge in [-0.25, -0.2) is 8.78 Å². The van der Waals surface area contributed by atoms with E-state index in [-0.39, 0.29) is 29.6 Å². The highest BCUT2D eigenvalue weighted by Crippen LogP contribution is 2.65. The number of amides is 3. The molecule has 4 fully saturated rings. The Balaban J connectivity index is 1.50. The monoisotopic (exact) mass is 509 g/mol. The third kappa shape index (κ3) is 4.82. The second kappa shape index (κ2) is 8.91. The van der Waals surface area contributed by atoms with Crippen molar-refractivity contribution in [1.29, 1.82) is 5.26 Å². The molecule has 36 heavy (non-hydrogen) atoms. The summed E-state index contributed by atoms with van der Waals surface area (Å²) >= 11 is 0. The molecule has 2 saturated carbocycles. The van der Waals surface area contributed by atoms with Crippen LogP contribution in [0, 0.1) is 45.8 Å². The summed E-state index contributed by atoms with van der Waals surface area (Å²) in [6.45, 7) is 10.2. The lowest BCUT2D eigenvalue weighted by molar-refractivity contribution is -0.146. The van der Waals surface area contributed by atoms with Crippen molar-refractivity contribution in [2.45, 2.75) is 84.2 Å². The van der Waals surface area contributed by atoms with Crippen LogP contribution in [-0.2, 0) is 14.4 Å². The van der Waals surface area contributed by atoms with Crippen LogP contribution in [0.15, 0.2) is 0 Å². The Labute approximate surface area is 210 Å². The van der Waals surface area contributed by atoms with Crippen molar-refractivity contribution < 1.29 is 28.3 Å². The van der Waals surface area contributed by atoms with Gasteiger partial charge in [-0.1, -0.05) is 34.6 Å². The zero-order chi connectivity index (χ0) is 26.8. The lowest BCUT2D eigenvalue weighted by Crippen LogP contribution is -2.60. The fourth-order valence-corrected chi connectivity index (χ4v) is 6.06. The van der Waals surface area contributed by atoms with Crippen LogP contribution in [0.3, 0.4) is 0 Å². The summed E-state index contributed by atoms with van der Waals surface area (Å²) in [7, 11) is 0. The lowest BCUT2D eigenvalue weighted by atomic mass is 9.85. The van der Waals surface area contributed by atoms with Crippen LogP contribution in [0.2, 0.25) is 0 Å². The number of rotatable bonds is 7. The molecule has 2 heterocycles. The normalized spacial score (nSPS) is 35.2. The first-order valence-electron chi connectivity index (χ1n) is 12.7. The van der Waals surface area contributed by atoms with Crippen molar-refractivity contribution in [2.75, 3.05) is 13.1 Å². The molecule has 4 rings (SSSR count). The first-order valence-corrected chi connectivity index (χ1v) is 12.7. The van der Waals surface area contributed by atoms with Gasteiger partial charge in [0.05, 0.1) is 6.07 Å². The molecule has 200 valence electrons. The van der Waals surface area contributed by atoms with Gasteiger partial charge in [0.2, 0.25) is 17.7 Å². The first-order chi connectivity index (χ1) is 16.6. The van der Waals surface area contributed by atoms with E-state index >= 15 is 0 Å². The topological polar surface area (TPSA) is 135 Å².